The molecule has 60 heavy (non-hydrogen) atoms. The Hall–Kier alpha value is -7.62. The monoisotopic (exact) mass is 769 g/mol. The molecule has 1 aliphatic rings. The number of furan rings is 2. The number of fused-ring (bicyclic) bond motifs is 9. The predicted molar refractivity (Wildman–Crippen MR) is 250 cm³/mol. The minimum Gasteiger partial charge on any atom is -0.456 e. The molecule has 284 valence electrons. The summed E-state index contributed by atoms with van der Waals surface area (Å²) in [6.07, 6.45) is 0. The molecule has 0 N–H and O–H groups in total. The van der Waals surface area contributed by atoms with Gasteiger partial charge >= 0.3 is 0 Å². The van der Waals surface area contributed by atoms with E-state index in [0.29, 0.717) is 0 Å². The van der Waals surface area contributed by atoms with Gasteiger partial charge < -0.3 is 13.7 Å². The molecule has 2 aromatic heterocycles. The van der Waals surface area contributed by atoms with Crippen LogP contribution >= 0.6 is 0 Å². The van der Waals surface area contributed by atoms with Crippen molar-refractivity contribution in [1.29, 1.82) is 0 Å². The van der Waals surface area contributed by atoms with Crippen LogP contribution in [0.1, 0.15) is 25.0 Å². The van der Waals surface area contributed by atoms with Crippen LogP contribution in [0.5, 0.6) is 0 Å². The van der Waals surface area contributed by atoms with Crippen LogP contribution in [0.3, 0.4) is 0 Å². The van der Waals surface area contributed by atoms with Gasteiger partial charge in [-0.1, -0.05) is 159 Å². The van der Waals surface area contributed by atoms with Gasteiger partial charge in [-0.2, -0.15) is 0 Å². The van der Waals surface area contributed by atoms with E-state index in [1.165, 1.54) is 44.5 Å². The van der Waals surface area contributed by atoms with Gasteiger partial charge in [0.2, 0.25) is 0 Å². The second kappa shape index (κ2) is 13.2. The molecule has 0 radical (unpaired) electrons. The minimum absolute atomic E-state index is 0.135. The third-order valence-electron chi connectivity index (χ3n) is 12.7. The number of hydrogen-bond donors (Lipinski definition) is 0. The van der Waals surface area contributed by atoms with E-state index in [9.17, 15) is 0 Å². The lowest BCUT2D eigenvalue weighted by molar-refractivity contribution is 0.660. The van der Waals surface area contributed by atoms with Crippen molar-refractivity contribution in [2.75, 3.05) is 4.90 Å². The summed E-state index contributed by atoms with van der Waals surface area (Å²) >= 11 is 0. The lowest BCUT2D eigenvalue weighted by Gasteiger charge is -2.28. The second-order valence-corrected chi connectivity index (χ2v) is 16.5. The Balaban J connectivity index is 1.05. The average Bonchev–Trinajstić information content (AvgIpc) is 3.93. The van der Waals surface area contributed by atoms with Gasteiger partial charge in [0.1, 0.15) is 22.3 Å². The van der Waals surface area contributed by atoms with Crippen LogP contribution in [0.15, 0.2) is 209 Å². The molecular formula is C57H39NO2. The van der Waals surface area contributed by atoms with Crippen molar-refractivity contribution >= 4 is 60.9 Å². The predicted octanol–water partition coefficient (Wildman–Crippen LogP) is 16.3. The van der Waals surface area contributed by atoms with Gasteiger partial charge in [-0.15, -0.1) is 0 Å². The lowest BCUT2D eigenvalue weighted by atomic mass is 9.82. The summed E-state index contributed by atoms with van der Waals surface area (Å²) in [4.78, 5) is 2.36. The van der Waals surface area contributed by atoms with E-state index in [4.69, 9.17) is 8.83 Å². The Morgan fingerprint density at radius 2 is 0.933 bits per heavy atom. The Bertz CT molecular complexity index is 3430. The highest BCUT2D eigenvalue weighted by Crippen LogP contribution is 2.51. The molecule has 0 saturated carbocycles. The van der Waals surface area contributed by atoms with Gasteiger partial charge in [-0.05, 0) is 98.6 Å². The molecule has 11 aromatic rings. The third kappa shape index (κ3) is 5.29. The van der Waals surface area contributed by atoms with Crippen LogP contribution in [0.25, 0.3) is 88.4 Å². The maximum absolute atomic E-state index is 7.10. The second-order valence-electron chi connectivity index (χ2n) is 16.5. The summed E-state index contributed by atoms with van der Waals surface area (Å²) in [5, 5.41) is 4.21. The number of hydrogen-bond acceptors (Lipinski definition) is 3. The summed E-state index contributed by atoms with van der Waals surface area (Å²) in [5.74, 6) is 0. The van der Waals surface area contributed by atoms with Gasteiger partial charge in [0.25, 0.3) is 0 Å². The molecule has 2 heterocycles. The minimum atomic E-state index is -0.135. The fourth-order valence-corrected chi connectivity index (χ4v) is 9.69. The van der Waals surface area contributed by atoms with Crippen molar-refractivity contribution in [3.8, 4) is 44.5 Å². The summed E-state index contributed by atoms with van der Waals surface area (Å²) in [5.41, 5.74) is 18.6. The number of anilines is 3. The van der Waals surface area contributed by atoms with Crippen LogP contribution in [0.2, 0.25) is 0 Å². The molecule has 0 unspecified atom stereocenters. The molecule has 3 nitrogen and oxygen atoms in total. The number of para-hydroxylation sites is 1. The van der Waals surface area contributed by atoms with E-state index in [0.717, 1.165) is 72.1 Å². The van der Waals surface area contributed by atoms with E-state index < -0.39 is 0 Å². The van der Waals surface area contributed by atoms with Gasteiger partial charge in [-0.25, -0.2) is 0 Å². The van der Waals surface area contributed by atoms with Gasteiger partial charge in [0, 0.05) is 55.7 Å². The highest BCUT2D eigenvalue weighted by atomic mass is 16.3. The summed E-state index contributed by atoms with van der Waals surface area (Å²) in [6.45, 7) is 4.68. The Kier molecular flexibility index (Phi) is 7.58. The Morgan fingerprint density at radius 1 is 0.367 bits per heavy atom. The van der Waals surface area contributed by atoms with Crippen LogP contribution in [-0.2, 0) is 5.41 Å². The van der Waals surface area contributed by atoms with E-state index in [1.807, 2.05) is 12.1 Å². The third-order valence-corrected chi connectivity index (χ3v) is 12.7. The maximum Gasteiger partial charge on any atom is 0.144 e. The largest absolute Gasteiger partial charge is 0.456 e. The fraction of sp³-hybridized carbons (Fsp3) is 0.0526. The SMILES string of the molecule is CC1(C)c2ccccc2-c2ccc(N(c3ccc(-c4ccccc4)cc3)c3ccc4c(c3)oc3c(-c5ccc(-c6ccccc6)cc5)c5c(cc34)oc3ccccc35)cc21. The van der Waals surface area contributed by atoms with Gasteiger partial charge in [0.15, 0.2) is 0 Å². The highest BCUT2D eigenvalue weighted by Gasteiger charge is 2.36. The standard InChI is InChI=1S/C57H39NO2/c1-57(2)49-19-11-9-17-44(49)45-31-29-42(33-50(45)57)58(41-27-25-39(26-28-41)37-15-7-4-8-16-37)43-30-32-46-48-35-53-55(47-18-10-12-20-51(47)59-53)54(56(48)60-52(46)34-43)40-23-21-38(22-24-40)36-13-5-3-6-14-36/h3-35H,1-2H3. The zero-order chi connectivity index (χ0) is 40.0. The average molecular weight is 770 g/mol. The first-order valence-electron chi connectivity index (χ1n) is 20.7. The molecule has 0 fully saturated rings. The molecule has 0 atom stereocenters. The van der Waals surface area contributed by atoms with E-state index in [1.54, 1.807) is 0 Å². The van der Waals surface area contributed by atoms with Crippen LogP contribution in [0.4, 0.5) is 17.1 Å². The molecule has 9 aromatic carbocycles. The van der Waals surface area contributed by atoms with Gasteiger partial charge in [0.05, 0.1) is 0 Å². The zero-order valence-electron chi connectivity index (χ0n) is 33.3. The number of nitrogens with zero attached hydrogens (tertiary/aromatic N) is 1. The van der Waals surface area contributed by atoms with E-state index in [-0.39, 0.29) is 5.41 Å². The van der Waals surface area contributed by atoms with Crippen LogP contribution < -0.4 is 4.90 Å². The Labute approximate surface area is 348 Å². The molecule has 12 rings (SSSR count). The van der Waals surface area contributed by atoms with Crippen molar-refractivity contribution in [2.45, 2.75) is 19.3 Å². The Morgan fingerprint density at radius 3 is 1.68 bits per heavy atom. The summed E-state index contributed by atoms with van der Waals surface area (Å²) < 4.78 is 13.7. The summed E-state index contributed by atoms with van der Waals surface area (Å²) in [7, 11) is 0. The number of benzene rings is 9. The quantitative estimate of drug-likeness (QED) is 0.169. The van der Waals surface area contributed by atoms with Crippen LogP contribution in [-0.4, -0.2) is 0 Å². The van der Waals surface area contributed by atoms with Gasteiger partial charge in [-0.3, -0.25) is 0 Å². The maximum atomic E-state index is 7.10. The molecule has 3 heteroatoms. The molecule has 0 saturated heterocycles. The zero-order valence-corrected chi connectivity index (χ0v) is 33.3. The summed E-state index contributed by atoms with van der Waals surface area (Å²) in [6, 6.07) is 71.7. The molecule has 0 bridgehead atoms. The molecule has 0 aliphatic heterocycles. The van der Waals surface area contributed by atoms with E-state index >= 15 is 0 Å². The van der Waals surface area contributed by atoms with Crippen LogP contribution in [0, 0.1) is 0 Å². The first kappa shape index (κ1) is 34.4. The van der Waals surface area contributed by atoms with Crippen molar-refractivity contribution in [3.63, 3.8) is 0 Å². The van der Waals surface area contributed by atoms with Crippen molar-refractivity contribution in [3.05, 3.63) is 211 Å². The normalized spacial score (nSPS) is 13.0. The van der Waals surface area contributed by atoms with Crippen molar-refractivity contribution < 1.29 is 8.83 Å². The van der Waals surface area contributed by atoms with Crippen molar-refractivity contribution in [2.24, 2.45) is 0 Å². The van der Waals surface area contributed by atoms with Crippen molar-refractivity contribution in [1.82, 2.24) is 0 Å². The molecular weight excluding hydrogens is 731 g/mol. The fourth-order valence-electron chi connectivity index (χ4n) is 9.69. The molecule has 0 spiro atoms. The van der Waals surface area contributed by atoms with E-state index in [2.05, 4.69) is 207 Å². The topological polar surface area (TPSA) is 29.5 Å². The number of rotatable bonds is 6. The highest BCUT2D eigenvalue weighted by molar-refractivity contribution is 6.23. The lowest BCUT2D eigenvalue weighted by Crippen LogP contribution is -2.16. The first-order chi connectivity index (χ1) is 29.5. The molecule has 0 amide bonds. The smallest absolute Gasteiger partial charge is 0.144 e. The first-order valence-corrected chi connectivity index (χ1v) is 20.7. The molecule has 1 aliphatic carbocycles.